The second-order valence-electron chi connectivity index (χ2n) is 6.41. The van der Waals surface area contributed by atoms with Crippen LogP contribution in [0.5, 0.6) is 11.6 Å². The van der Waals surface area contributed by atoms with Crippen molar-refractivity contribution in [2.45, 2.75) is 25.7 Å². The smallest absolute Gasteiger partial charge is 0.238 e. The van der Waals surface area contributed by atoms with Gasteiger partial charge in [0.25, 0.3) is 0 Å². The number of nitrogens with zero attached hydrogens (tertiary/aromatic N) is 2. The van der Waals surface area contributed by atoms with Crippen molar-refractivity contribution in [1.29, 1.82) is 0 Å². The summed E-state index contributed by atoms with van der Waals surface area (Å²) < 4.78 is 5.79. The van der Waals surface area contributed by atoms with Crippen LogP contribution in [0.15, 0.2) is 48.7 Å². The highest BCUT2D eigenvalue weighted by atomic mass is 35.5. The van der Waals surface area contributed by atoms with E-state index in [1.165, 1.54) is 0 Å². The molecule has 6 heteroatoms. The van der Waals surface area contributed by atoms with Gasteiger partial charge in [-0.25, -0.2) is 9.97 Å². The van der Waals surface area contributed by atoms with Crippen molar-refractivity contribution in [3.8, 4) is 11.6 Å². The molecule has 0 saturated carbocycles. The van der Waals surface area contributed by atoms with Crippen LogP contribution in [0, 0.1) is 0 Å². The van der Waals surface area contributed by atoms with Gasteiger partial charge in [0.1, 0.15) is 11.5 Å². The summed E-state index contributed by atoms with van der Waals surface area (Å²) in [5, 5.41) is 3.68. The number of carbonyl (C=O) groups excluding carboxylic acids is 1. The summed E-state index contributed by atoms with van der Waals surface area (Å²) in [6.07, 6.45) is 3.00. The minimum absolute atomic E-state index is 0.124. The number of carbonyl (C=O) groups is 1. The van der Waals surface area contributed by atoms with Gasteiger partial charge >= 0.3 is 0 Å². The molecule has 3 aromatic rings. The highest BCUT2D eigenvalue weighted by Gasteiger charge is 2.15. The van der Waals surface area contributed by atoms with Gasteiger partial charge in [0.15, 0.2) is 0 Å². The lowest BCUT2D eigenvalue weighted by molar-refractivity contribution is -0.120. The van der Waals surface area contributed by atoms with Crippen LogP contribution in [0.2, 0.25) is 5.02 Å². The van der Waals surface area contributed by atoms with Gasteiger partial charge in [0.2, 0.25) is 5.88 Å². The highest BCUT2D eigenvalue weighted by molar-refractivity contribution is 6.31. The number of ether oxygens (including phenoxy) is 1. The summed E-state index contributed by atoms with van der Waals surface area (Å²) in [6.45, 7) is 2.79. The highest BCUT2D eigenvalue weighted by Crippen LogP contribution is 2.25. The van der Waals surface area contributed by atoms with Gasteiger partial charge in [-0.1, -0.05) is 30.7 Å². The first-order valence-corrected chi connectivity index (χ1v) is 9.32. The Balaban J connectivity index is 1.66. The monoisotopic (exact) mass is 383 g/mol. The topological polar surface area (TPSA) is 64.1 Å². The Morgan fingerprint density at radius 2 is 1.96 bits per heavy atom. The first-order chi connectivity index (χ1) is 13.1. The molecule has 0 spiro atoms. The summed E-state index contributed by atoms with van der Waals surface area (Å²) in [5.41, 5.74) is 2.42. The Kier molecular flexibility index (Phi) is 6.37. The molecule has 27 heavy (non-hydrogen) atoms. The van der Waals surface area contributed by atoms with Crippen molar-refractivity contribution in [3.63, 3.8) is 0 Å². The molecule has 0 aliphatic heterocycles. The number of hydrogen-bond donors (Lipinski definition) is 1. The molecule has 0 bridgehead atoms. The van der Waals surface area contributed by atoms with Gasteiger partial charge in [-0.05, 0) is 55.9 Å². The number of nitrogens with one attached hydrogen (secondary N) is 1. The summed E-state index contributed by atoms with van der Waals surface area (Å²) >= 11 is 5.96. The fraction of sp³-hybridized carbons (Fsp3) is 0.286. The molecule has 2 aromatic carbocycles. The minimum atomic E-state index is -0.124. The van der Waals surface area contributed by atoms with E-state index in [1.807, 2.05) is 44.3 Å². The Hall–Kier alpha value is -2.50. The zero-order valence-electron chi connectivity index (χ0n) is 15.4. The molecule has 1 N–H and O–H groups in total. The fourth-order valence-electron chi connectivity index (χ4n) is 2.80. The lowest BCUT2D eigenvalue weighted by atomic mass is 9.94. The summed E-state index contributed by atoms with van der Waals surface area (Å²) in [6, 6.07) is 12.9. The van der Waals surface area contributed by atoms with Crippen LogP contribution in [0.1, 0.15) is 31.2 Å². The molecular formula is C21H22ClN3O2. The molecule has 0 fully saturated rings. The standard InChI is InChI=1S/C21H22ClN3O2/c1-14(20(26)4-3-11-23-2)15-5-8-17(9-6-15)27-21-13-24-19-12-16(22)7-10-18(19)25-21/h5-10,12-14,23H,3-4,11H2,1-2H3. The average molecular weight is 384 g/mol. The summed E-state index contributed by atoms with van der Waals surface area (Å²) in [4.78, 5) is 21.0. The molecule has 140 valence electrons. The molecule has 0 radical (unpaired) electrons. The predicted molar refractivity (Wildman–Crippen MR) is 108 cm³/mol. The second kappa shape index (κ2) is 8.93. The third-order valence-corrected chi connectivity index (χ3v) is 4.65. The number of ketones is 1. The number of hydrogen-bond acceptors (Lipinski definition) is 5. The van der Waals surface area contributed by atoms with E-state index >= 15 is 0 Å². The normalized spacial score (nSPS) is 12.1. The number of fused-ring (bicyclic) bond motifs is 1. The van der Waals surface area contributed by atoms with Crippen LogP contribution in [0.3, 0.4) is 0 Å². The first-order valence-electron chi connectivity index (χ1n) is 8.94. The van der Waals surface area contributed by atoms with Gasteiger partial charge < -0.3 is 10.1 Å². The SMILES string of the molecule is CNCCCC(=O)C(C)c1ccc(Oc2cnc3cc(Cl)ccc3n2)cc1. The molecule has 0 aliphatic carbocycles. The lowest BCUT2D eigenvalue weighted by Crippen LogP contribution is -2.13. The maximum absolute atomic E-state index is 12.3. The quantitative estimate of drug-likeness (QED) is 0.569. The molecule has 0 saturated heterocycles. The van der Waals surface area contributed by atoms with Crippen LogP contribution < -0.4 is 10.1 Å². The van der Waals surface area contributed by atoms with E-state index in [0.717, 1.165) is 24.0 Å². The van der Waals surface area contributed by atoms with Crippen molar-refractivity contribution >= 4 is 28.4 Å². The van der Waals surface area contributed by atoms with E-state index in [4.69, 9.17) is 16.3 Å². The molecule has 1 aromatic heterocycles. The largest absolute Gasteiger partial charge is 0.437 e. The molecule has 1 heterocycles. The van der Waals surface area contributed by atoms with Gasteiger partial charge in [-0.15, -0.1) is 0 Å². The molecule has 0 amide bonds. The molecule has 0 aliphatic rings. The van der Waals surface area contributed by atoms with Crippen LogP contribution in [0.4, 0.5) is 0 Å². The zero-order valence-corrected chi connectivity index (χ0v) is 16.2. The van der Waals surface area contributed by atoms with Gasteiger partial charge in [0, 0.05) is 17.4 Å². The fourth-order valence-corrected chi connectivity index (χ4v) is 2.97. The minimum Gasteiger partial charge on any atom is -0.437 e. The number of rotatable bonds is 8. The van der Waals surface area contributed by atoms with Crippen LogP contribution in [-0.2, 0) is 4.79 Å². The molecular weight excluding hydrogens is 362 g/mol. The number of Topliss-reactive ketones (excluding diaryl/α,β-unsaturated/α-hetero) is 1. The van der Waals surface area contributed by atoms with Crippen molar-refractivity contribution in [1.82, 2.24) is 15.3 Å². The maximum atomic E-state index is 12.3. The van der Waals surface area contributed by atoms with Gasteiger partial charge in [-0.2, -0.15) is 0 Å². The van der Waals surface area contributed by atoms with E-state index in [9.17, 15) is 4.79 Å². The zero-order chi connectivity index (χ0) is 19.2. The van der Waals surface area contributed by atoms with Crippen molar-refractivity contribution in [3.05, 3.63) is 59.2 Å². The molecule has 1 atom stereocenters. The van der Waals surface area contributed by atoms with Crippen molar-refractivity contribution < 1.29 is 9.53 Å². The van der Waals surface area contributed by atoms with Crippen molar-refractivity contribution in [2.75, 3.05) is 13.6 Å². The van der Waals surface area contributed by atoms with E-state index < -0.39 is 0 Å². The summed E-state index contributed by atoms with van der Waals surface area (Å²) in [5.74, 6) is 1.18. The van der Waals surface area contributed by atoms with Crippen LogP contribution in [-0.4, -0.2) is 29.3 Å². The number of aromatic nitrogens is 2. The third kappa shape index (κ3) is 5.02. The molecule has 1 unspecified atom stereocenters. The van der Waals surface area contributed by atoms with Crippen LogP contribution >= 0.6 is 11.6 Å². The van der Waals surface area contributed by atoms with E-state index in [-0.39, 0.29) is 11.7 Å². The number of halogens is 1. The van der Waals surface area contributed by atoms with Crippen LogP contribution in [0.25, 0.3) is 11.0 Å². The Morgan fingerprint density at radius 1 is 1.19 bits per heavy atom. The third-order valence-electron chi connectivity index (χ3n) is 4.42. The predicted octanol–water partition coefficient (Wildman–Crippen LogP) is 4.75. The van der Waals surface area contributed by atoms with E-state index in [0.29, 0.717) is 28.6 Å². The van der Waals surface area contributed by atoms with E-state index in [2.05, 4.69) is 15.3 Å². The molecule has 3 rings (SSSR count). The Labute approximate surface area is 163 Å². The lowest BCUT2D eigenvalue weighted by Gasteiger charge is -2.12. The number of benzene rings is 2. The van der Waals surface area contributed by atoms with Gasteiger partial charge in [0.05, 0.1) is 17.2 Å². The first kappa shape index (κ1) is 19.3. The Bertz CT molecular complexity index is 928. The summed E-state index contributed by atoms with van der Waals surface area (Å²) in [7, 11) is 1.89. The average Bonchev–Trinajstić information content (AvgIpc) is 2.68. The van der Waals surface area contributed by atoms with E-state index in [1.54, 1.807) is 18.3 Å². The van der Waals surface area contributed by atoms with Crippen molar-refractivity contribution in [2.24, 2.45) is 0 Å². The molecule has 5 nitrogen and oxygen atoms in total. The van der Waals surface area contributed by atoms with Gasteiger partial charge in [-0.3, -0.25) is 4.79 Å². The second-order valence-corrected chi connectivity index (χ2v) is 6.84. The maximum Gasteiger partial charge on any atom is 0.238 e. The Morgan fingerprint density at radius 3 is 2.70 bits per heavy atom.